The lowest BCUT2D eigenvalue weighted by Crippen LogP contribution is -2.27. The summed E-state index contributed by atoms with van der Waals surface area (Å²) >= 11 is 0. The Kier molecular flexibility index (Phi) is 2.81. The van der Waals surface area contributed by atoms with E-state index >= 15 is 0 Å². The van der Waals surface area contributed by atoms with Crippen molar-refractivity contribution in [3.8, 4) is 0 Å². The van der Waals surface area contributed by atoms with E-state index in [2.05, 4.69) is 26.0 Å². The molecule has 2 atom stereocenters. The lowest BCUT2D eigenvalue weighted by molar-refractivity contribution is 0.144. The molecule has 2 heteroatoms. The van der Waals surface area contributed by atoms with E-state index in [1.807, 2.05) is 0 Å². The number of fused-ring (bicyclic) bond motifs is 1. The van der Waals surface area contributed by atoms with Crippen LogP contribution in [0.25, 0.3) is 0 Å². The Bertz CT molecular complexity index is 373. The fraction of sp³-hybridized carbons (Fsp3) is 0.538. The number of benzene rings is 1. The summed E-state index contributed by atoms with van der Waals surface area (Å²) in [6.45, 7) is 4.20. The zero-order valence-electron chi connectivity index (χ0n) is 9.46. The van der Waals surface area contributed by atoms with Gasteiger partial charge in [-0.3, -0.25) is 0 Å². The summed E-state index contributed by atoms with van der Waals surface area (Å²) in [6.07, 6.45) is 2.55. The van der Waals surface area contributed by atoms with Gasteiger partial charge in [-0.15, -0.1) is 0 Å². The quantitative estimate of drug-likeness (QED) is 0.636. The zero-order chi connectivity index (χ0) is 11.0. The number of aliphatic hydroxyl groups excluding tert-OH is 1. The largest absolute Gasteiger partial charge is 0.387 e. The SMILES string of the molecule is Cc1cc2c(cc1C)[C@H](O)[C@H](N)CCC2. The van der Waals surface area contributed by atoms with Crippen molar-refractivity contribution in [2.75, 3.05) is 0 Å². The summed E-state index contributed by atoms with van der Waals surface area (Å²) in [7, 11) is 0. The maximum atomic E-state index is 10.1. The molecule has 1 aromatic rings. The zero-order valence-corrected chi connectivity index (χ0v) is 9.46. The smallest absolute Gasteiger partial charge is 0.0943 e. The summed E-state index contributed by atoms with van der Waals surface area (Å²) in [5.74, 6) is 0. The topological polar surface area (TPSA) is 46.2 Å². The Morgan fingerprint density at radius 3 is 2.67 bits per heavy atom. The maximum Gasteiger partial charge on any atom is 0.0943 e. The molecule has 0 amide bonds. The third-order valence-electron chi connectivity index (χ3n) is 3.46. The lowest BCUT2D eigenvalue weighted by atomic mass is 9.94. The predicted octanol–water partition coefficient (Wildman–Crippen LogP) is 2.00. The van der Waals surface area contributed by atoms with E-state index in [1.165, 1.54) is 16.7 Å². The van der Waals surface area contributed by atoms with Gasteiger partial charge < -0.3 is 10.8 Å². The van der Waals surface area contributed by atoms with Crippen LogP contribution >= 0.6 is 0 Å². The van der Waals surface area contributed by atoms with Gasteiger partial charge in [-0.2, -0.15) is 0 Å². The highest BCUT2D eigenvalue weighted by Crippen LogP contribution is 2.29. The number of hydrogen-bond donors (Lipinski definition) is 2. The Balaban J connectivity index is 2.49. The minimum atomic E-state index is -0.484. The summed E-state index contributed by atoms with van der Waals surface area (Å²) in [4.78, 5) is 0. The molecule has 0 saturated carbocycles. The van der Waals surface area contributed by atoms with Gasteiger partial charge in [0.15, 0.2) is 0 Å². The summed E-state index contributed by atoms with van der Waals surface area (Å²) in [5, 5.41) is 10.1. The monoisotopic (exact) mass is 205 g/mol. The first-order valence-corrected chi connectivity index (χ1v) is 5.63. The first-order chi connectivity index (χ1) is 7.09. The van der Waals surface area contributed by atoms with E-state index in [1.54, 1.807) is 0 Å². The van der Waals surface area contributed by atoms with Crippen LogP contribution in [-0.4, -0.2) is 11.1 Å². The minimum absolute atomic E-state index is 0.103. The van der Waals surface area contributed by atoms with Crippen molar-refractivity contribution in [3.05, 3.63) is 34.4 Å². The van der Waals surface area contributed by atoms with E-state index in [4.69, 9.17) is 5.73 Å². The van der Waals surface area contributed by atoms with E-state index in [0.29, 0.717) is 0 Å². The van der Waals surface area contributed by atoms with Gasteiger partial charge in [-0.05, 0) is 55.4 Å². The molecule has 0 radical (unpaired) electrons. The maximum absolute atomic E-state index is 10.1. The second-order valence-corrected chi connectivity index (χ2v) is 4.64. The molecule has 1 aliphatic rings. The highest BCUT2D eigenvalue weighted by Gasteiger charge is 2.23. The van der Waals surface area contributed by atoms with Gasteiger partial charge >= 0.3 is 0 Å². The van der Waals surface area contributed by atoms with Gasteiger partial charge in [-0.25, -0.2) is 0 Å². The van der Waals surface area contributed by atoms with E-state index in [-0.39, 0.29) is 6.04 Å². The van der Waals surface area contributed by atoms with Crippen LogP contribution in [0.5, 0.6) is 0 Å². The van der Waals surface area contributed by atoms with Crippen molar-refractivity contribution in [1.82, 2.24) is 0 Å². The minimum Gasteiger partial charge on any atom is -0.387 e. The van der Waals surface area contributed by atoms with Crippen molar-refractivity contribution in [1.29, 1.82) is 0 Å². The van der Waals surface area contributed by atoms with Crippen LogP contribution in [0.15, 0.2) is 12.1 Å². The molecular formula is C13H19NO. The molecule has 1 aromatic carbocycles. The van der Waals surface area contributed by atoms with Crippen LogP contribution in [0.1, 0.15) is 41.2 Å². The molecule has 3 N–H and O–H groups in total. The summed E-state index contributed by atoms with van der Waals surface area (Å²) in [6, 6.07) is 4.19. The molecule has 0 heterocycles. The molecule has 0 saturated heterocycles. The number of aliphatic hydroxyl groups is 1. The number of hydrogen-bond acceptors (Lipinski definition) is 2. The first-order valence-electron chi connectivity index (χ1n) is 5.63. The van der Waals surface area contributed by atoms with Crippen molar-refractivity contribution in [2.24, 2.45) is 5.73 Å². The second kappa shape index (κ2) is 3.95. The molecule has 0 fully saturated rings. The van der Waals surface area contributed by atoms with Crippen LogP contribution in [0.2, 0.25) is 0 Å². The lowest BCUT2D eigenvalue weighted by Gasteiger charge is -2.18. The second-order valence-electron chi connectivity index (χ2n) is 4.64. The Labute approximate surface area is 91.1 Å². The van der Waals surface area contributed by atoms with Crippen molar-refractivity contribution in [3.63, 3.8) is 0 Å². The molecular weight excluding hydrogens is 186 g/mol. The molecule has 0 aliphatic heterocycles. The van der Waals surface area contributed by atoms with Crippen molar-refractivity contribution >= 4 is 0 Å². The number of rotatable bonds is 0. The average molecular weight is 205 g/mol. The highest BCUT2D eigenvalue weighted by atomic mass is 16.3. The Morgan fingerprint density at radius 1 is 1.27 bits per heavy atom. The van der Waals surface area contributed by atoms with Gasteiger partial charge in [0, 0.05) is 6.04 Å². The van der Waals surface area contributed by atoms with Gasteiger partial charge in [0.05, 0.1) is 6.10 Å². The number of aryl methyl sites for hydroxylation is 3. The first kappa shape index (κ1) is 10.7. The molecule has 0 unspecified atom stereocenters. The van der Waals surface area contributed by atoms with Crippen LogP contribution in [0.4, 0.5) is 0 Å². The standard InChI is InChI=1S/C13H19NO/c1-8-6-10-4-3-5-12(14)13(15)11(10)7-9(8)2/h6-7,12-13,15H,3-5,14H2,1-2H3/t12-,13+/m1/s1. The molecule has 2 rings (SSSR count). The van der Waals surface area contributed by atoms with Crippen LogP contribution in [0, 0.1) is 13.8 Å². The molecule has 1 aliphatic carbocycles. The third-order valence-corrected chi connectivity index (χ3v) is 3.46. The molecule has 0 bridgehead atoms. The van der Waals surface area contributed by atoms with Gasteiger partial charge in [-0.1, -0.05) is 12.1 Å². The van der Waals surface area contributed by atoms with Gasteiger partial charge in [0.25, 0.3) is 0 Å². The molecule has 0 spiro atoms. The van der Waals surface area contributed by atoms with E-state index in [0.717, 1.165) is 24.8 Å². The normalized spacial score (nSPS) is 25.9. The third kappa shape index (κ3) is 1.92. The fourth-order valence-corrected chi connectivity index (χ4v) is 2.31. The van der Waals surface area contributed by atoms with Crippen LogP contribution < -0.4 is 5.73 Å². The van der Waals surface area contributed by atoms with Crippen molar-refractivity contribution in [2.45, 2.75) is 45.3 Å². The van der Waals surface area contributed by atoms with Crippen LogP contribution in [0.3, 0.4) is 0 Å². The Morgan fingerprint density at radius 2 is 1.93 bits per heavy atom. The summed E-state index contributed by atoms with van der Waals surface area (Å²) in [5.41, 5.74) is 10.8. The fourth-order valence-electron chi connectivity index (χ4n) is 2.31. The number of nitrogens with two attached hydrogens (primary N) is 1. The predicted molar refractivity (Wildman–Crippen MR) is 61.8 cm³/mol. The van der Waals surface area contributed by atoms with Crippen molar-refractivity contribution < 1.29 is 5.11 Å². The molecule has 15 heavy (non-hydrogen) atoms. The van der Waals surface area contributed by atoms with E-state index < -0.39 is 6.10 Å². The van der Waals surface area contributed by atoms with Crippen LogP contribution in [-0.2, 0) is 6.42 Å². The highest BCUT2D eigenvalue weighted by molar-refractivity contribution is 5.39. The van der Waals surface area contributed by atoms with E-state index in [9.17, 15) is 5.11 Å². The van der Waals surface area contributed by atoms with Gasteiger partial charge in [0.1, 0.15) is 0 Å². The molecule has 0 aromatic heterocycles. The molecule has 82 valence electrons. The molecule has 2 nitrogen and oxygen atoms in total. The Hall–Kier alpha value is -0.860. The summed E-state index contributed by atoms with van der Waals surface area (Å²) < 4.78 is 0. The van der Waals surface area contributed by atoms with Gasteiger partial charge in [0.2, 0.25) is 0 Å². The average Bonchev–Trinajstić information content (AvgIpc) is 2.32.